The van der Waals surface area contributed by atoms with Gasteiger partial charge in [-0.15, -0.1) is 0 Å². The van der Waals surface area contributed by atoms with Gasteiger partial charge in [0.1, 0.15) is 0 Å². The second kappa shape index (κ2) is 4.70. The van der Waals surface area contributed by atoms with Gasteiger partial charge in [-0.2, -0.15) is 0 Å². The lowest BCUT2D eigenvalue weighted by molar-refractivity contribution is 0.0777. The van der Waals surface area contributed by atoms with Gasteiger partial charge in [-0.25, -0.2) is 4.98 Å². The Hall–Kier alpha value is -1.00. The molecule has 0 aliphatic carbocycles. The molecule has 0 aliphatic heterocycles. The largest absolute Gasteiger partial charge is 0.390 e. The van der Waals surface area contributed by atoms with Crippen molar-refractivity contribution in [1.82, 2.24) is 9.97 Å². The maximum atomic E-state index is 9.63. The average Bonchev–Trinajstić information content (AvgIpc) is 2.57. The summed E-state index contributed by atoms with van der Waals surface area (Å²) in [7, 11) is 0. The topological polar surface area (TPSA) is 48.9 Å². The van der Waals surface area contributed by atoms with E-state index in [-0.39, 0.29) is 0 Å². The van der Waals surface area contributed by atoms with Gasteiger partial charge in [0.15, 0.2) is 5.16 Å². The van der Waals surface area contributed by atoms with Gasteiger partial charge in [0.25, 0.3) is 0 Å². The zero-order valence-corrected chi connectivity index (χ0v) is 11.3. The predicted molar refractivity (Wildman–Crippen MR) is 72.5 cm³/mol. The summed E-state index contributed by atoms with van der Waals surface area (Å²) in [4.78, 5) is 7.79. The first-order chi connectivity index (χ1) is 7.94. The van der Waals surface area contributed by atoms with E-state index < -0.39 is 5.60 Å². The minimum Gasteiger partial charge on any atom is -0.390 e. The fourth-order valence-electron chi connectivity index (χ4n) is 1.57. The maximum Gasteiger partial charge on any atom is 0.166 e. The maximum absolute atomic E-state index is 9.63. The first-order valence-electron chi connectivity index (χ1n) is 5.76. The van der Waals surface area contributed by atoms with Crippen LogP contribution >= 0.6 is 11.8 Å². The molecule has 3 nitrogen and oxygen atoms in total. The molecule has 0 unspecified atom stereocenters. The third-order valence-electron chi connectivity index (χ3n) is 2.57. The van der Waals surface area contributed by atoms with E-state index in [2.05, 4.69) is 29.0 Å². The lowest BCUT2D eigenvalue weighted by atomic mass is 10.1. The Bertz CT molecular complexity index is 514. The molecule has 1 aromatic carbocycles. The van der Waals surface area contributed by atoms with Crippen LogP contribution in [-0.4, -0.2) is 26.4 Å². The molecular weight excluding hydrogens is 232 g/mol. The molecule has 0 radical (unpaired) electrons. The van der Waals surface area contributed by atoms with Crippen molar-refractivity contribution in [3.63, 3.8) is 0 Å². The van der Waals surface area contributed by atoms with Crippen LogP contribution in [0.25, 0.3) is 11.0 Å². The highest BCUT2D eigenvalue weighted by Crippen LogP contribution is 2.22. The molecule has 0 saturated carbocycles. The van der Waals surface area contributed by atoms with Crippen LogP contribution in [-0.2, 0) is 0 Å². The number of nitrogens with zero attached hydrogens (tertiary/aromatic N) is 1. The van der Waals surface area contributed by atoms with Crippen LogP contribution in [0.5, 0.6) is 0 Å². The van der Waals surface area contributed by atoms with Crippen LogP contribution in [0, 0.1) is 6.92 Å². The van der Waals surface area contributed by atoms with Crippen LogP contribution in [0.3, 0.4) is 0 Å². The fraction of sp³-hybridized carbons (Fsp3) is 0.462. The van der Waals surface area contributed by atoms with E-state index in [1.807, 2.05) is 19.9 Å². The normalized spacial score (nSPS) is 12.2. The van der Waals surface area contributed by atoms with Crippen LogP contribution in [0.4, 0.5) is 0 Å². The summed E-state index contributed by atoms with van der Waals surface area (Å²) in [6.07, 6.45) is 0.758. The minimum atomic E-state index is -0.602. The van der Waals surface area contributed by atoms with Crippen molar-refractivity contribution >= 4 is 22.8 Å². The van der Waals surface area contributed by atoms with Crippen LogP contribution in [0.2, 0.25) is 0 Å². The molecular formula is C13H18N2OS. The number of fused-ring (bicyclic) bond motifs is 1. The molecule has 17 heavy (non-hydrogen) atoms. The van der Waals surface area contributed by atoms with Crippen LogP contribution in [0.1, 0.15) is 25.8 Å². The minimum absolute atomic E-state index is 0.602. The smallest absolute Gasteiger partial charge is 0.166 e. The Balaban J connectivity index is 2.05. The summed E-state index contributed by atoms with van der Waals surface area (Å²) < 4.78 is 0. The molecule has 1 heterocycles. The van der Waals surface area contributed by atoms with Crippen LogP contribution in [0.15, 0.2) is 23.4 Å². The lowest BCUT2D eigenvalue weighted by Gasteiger charge is -2.15. The molecule has 1 aromatic heterocycles. The molecule has 4 heteroatoms. The molecule has 0 atom stereocenters. The zero-order valence-electron chi connectivity index (χ0n) is 10.4. The Morgan fingerprint density at radius 3 is 2.88 bits per heavy atom. The molecule has 92 valence electrons. The van der Waals surface area contributed by atoms with Crippen molar-refractivity contribution in [3.8, 4) is 0 Å². The number of benzene rings is 1. The highest BCUT2D eigenvalue weighted by molar-refractivity contribution is 7.99. The van der Waals surface area contributed by atoms with Gasteiger partial charge in [-0.3, -0.25) is 0 Å². The lowest BCUT2D eigenvalue weighted by Crippen LogP contribution is -2.19. The summed E-state index contributed by atoms with van der Waals surface area (Å²) in [6, 6.07) is 6.19. The number of hydrogen-bond acceptors (Lipinski definition) is 3. The van der Waals surface area contributed by atoms with Gasteiger partial charge in [0.2, 0.25) is 0 Å². The zero-order chi connectivity index (χ0) is 12.5. The fourth-order valence-corrected chi connectivity index (χ4v) is 2.71. The summed E-state index contributed by atoms with van der Waals surface area (Å²) >= 11 is 1.65. The van der Waals surface area contributed by atoms with Crippen molar-refractivity contribution in [3.05, 3.63) is 23.8 Å². The van der Waals surface area contributed by atoms with E-state index >= 15 is 0 Å². The highest BCUT2D eigenvalue weighted by atomic mass is 32.2. The number of hydrogen-bond donors (Lipinski definition) is 2. The third kappa shape index (κ3) is 3.48. The van der Waals surface area contributed by atoms with E-state index in [4.69, 9.17) is 0 Å². The standard InChI is InChI=1S/C13H18N2OS/c1-9-4-5-10-11(8-9)15-12(14-10)17-7-6-13(2,3)16/h4-5,8,16H,6-7H2,1-3H3,(H,14,15). The predicted octanol–water partition coefficient (Wildman–Crippen LogP) is 3.12. The van der Waals surface area contributed by atoms with Gasteiger partial charge >= 0.3 is 0 Å². The Kier molecular flexibility index (Phi) is 3.45. The molecule has 2 N–H and O–H groups in total. The first-order valence-corrected chi connectivity index (χ1v) is 6.74. The van der Waals surface area contributed by atoms with Crippen molar-refractivity contribution in [2.45, 2.75) is 37.9 Å². The van der Waals surface area contributed by atoms with Gasteiger partial charge < -0.3 is 10.1 Å². The van der Waals surface area contributed by atoms with Gasteiger partial charge in [-0.05, 0) is 44.9 Å². The molecule has 0 fully saturated rings. The first kappa shape index (κ1) is 12.5. The number of aryl methyl sites for hydroxylation is 1. The number of aromatic amines is 1. The van der Waals surface area contributed by atoms with E-state index in [0.717, 1.165) is 28.4 Å². The summed E-state index contributed by atoms with van der Waals surface area (Å²) in [5.74, 6) is 0.863. The van der Waals surface area contributed by atoms with Gasteiger partial charge in [-0.1, -0.05) is 17.8 Å². The van der Waals surface area contributed by atoms with Crippen LogP contribution < -0.4 is 0 Å². The van der Waals surface area contributed by atoms with E-state index in [1.54, 1.807) is 11.8 Å². The SMILES string of the molecule is Cc1ccc2nc(SCCC(C)(C)O)[nH]c2c1. The highest BCUT2D eigenvalue weighted by Gasteiger charge is 2.12. The number of aliphatic hydroxyl groups is 1. The van der Waals surface area contributed by atoms with Crippen molar-refractivity contribution in [2.75, 3.05) is 5.75 Å². The molecule has 0 aliphatic rings. The molecule has 2 rings (SSSR count). The molecule has 0 amide bonds. The quantitative estimate of drug-likeness (QED) is 0.820. The van der Waals surface area contributed by atoms with Crippen molar-refractivity contribution in [1.29, 1.82) is 0 Å². The second-order valence-corrected chi connectivity index (χ2v) is 6.06. The molecule has 2 aromatic rings. The molecule has 0 bridgehead atoms. The Morgan fingerprint density at radius 1 is 1.41 bits per heavy atom. The number of aromatic nitrogens is 2. The van der Waals surface area contributed by atoms with Crippen molar-refractivity contribution in [2.24, 2.45) is 0 Å². The van der Waals surface area contributed by atoms with Crippen molar-refractivity contribution < 1.29 is 5.11 Å². The third-order valence-corrected chi connectivity index (χ3v) is 3.44. The number of rotatable bonds is 4. The average molecular weight is 250 g/mol. The van der Waals surface area contributed by atoms with E-state index in [9.17, 15) is 5.11 Å². The van der Waals surface area contributed by atoms with E-state index in [0.29, 0.717) is 0 Å². The molecule has 0 spiro atoms. The Labute approximate surface area is 106 Å². The van der Waals surface area contributed by atoms with Gasteiger partial charge in [0, 0.05) is 5.75 Å². The number of imidazole rings is 1. The summed E-state index contributed by atoms with van der Waals surface area (Å²) in [5.41, 5.74) is 2.71. The molecule has 0 saturated heterocycles. The van der Waals surface area contributed by atoms with Gasteiger partial charge in [0.05, 0.1) is 16.6 Å². The number of H-pyrrole nitrogens is 1. The number of thioether (sulfide) groups is 1. The summed E-state index contributed by atoms with van der Waals surface area (Å²) in [5, 5.41) is 10.6. The second-order valence-electron chi connectivity index (χ2n) is 4.97. The summed E-state index contributed by atoms with van der Waals surface area (Å²) in [6.45, 7) is 5.73. The monoisotopic (exact) mass is 250 g/mol. The number of nitrogens with one attached hydrogen (secondary N) is 1. The van der Waals surface area contributed by atoms with E-state index in [1.165, 1.54) is 5.56 Å². The Morgan fingerprint density at radius 2 is 2.18 bits per heavy atom.